The molecule has 0 amide bonds. The molecule has 1 aliphatic heterocycles. The third-order valence-corrected chi connectivity index (χ3v) is 5.28. The lowest BCUT2D eigenvalue weighted by Crippen LogP contribution is -2.45. The van der Waals surface area contributed by atoms with E-state index in [2.05, 4.69) is 0 Å². The van der Waals surface area contributed by atoms with Crippen LogP contribution in [0.1, 0.15) is 13.3 Å². The molecule has 2 atom stereocenters. The molecule has 1 fully saturated rings. The largest absolute Gasteiger partial charge is 0.399 e. The van der Waals surface area contributed by atoms with Gasteiger partial charge in [-0.3, -0.25) is 0 Å². The van der Waals surface area contributed by atoms with Crippen molar-refractivity contribution in [3.8, 4) is 0 Å². The Bertz CT molecular complexity index is 576. The summed E-state index contributed by atoms with van der Waals surface area (Å²) in [5.74, 6) is -0.986. The zero-order valence-electron chi connectivity index (χ0n) is 10.6. The Hall–Kier alpha value is -1.18. The maximum atomic E-state index is 13.7. The van der Waals surface area contributed by atoms with Crippen LogP contribution in [-0.4, -0.2) is 37.0 Å². The fraction of sp³-hybridized carbons (Fsp3) is 0.500. The van der Waals surface area contributed by atoms with E-state index < -0.39 is 26.8 Å². The van der Waals surface area contributed by atoms with Crippen LogP contribution in [0.25, 0.3) is 0 Å². The third kappa shape index (κ3) is 2.72. The quantitative estimate of drug-likeness (QED) is 0.788. The number of halogens is 1. The Kier molecular flexibility index (Phi) is 3.80. The molecule has 5 nitrogen and oxygen atoms in total. The summed E-state index contributed by atoms with van der Waals surface area (Å²) in [5, 5.41) is 9.61. The van der Waals surface area contributed by atoms with Crippen molar-refractivity contribution < 1.29 is 17.9 Å². The maximum Gasteiger partial charge on any atom is 0.246 e. The van der Waals surface area contributed by atoms with Crippen LogP contribution in [0.15, 0.2) is 23.1 Å². The van der Waals surface area contributed by atoms with Crippen LogP contribution in [0.2, 0.25) is 0 Å². The van der Waals surface area contributed by atoms with E-state index in [0.29, 0.717) is 6.42 Å². The van der Waals surface area contributed by atoms with Gasteiger partial charge in [-0.15, -0.1) is 0 Å². The van der Waals surface area contributed by atoms with Gasteiger partial charge in [0, 0.05) is 18.8 Å². The molecule has 7 heteroatoms. The molecule has 1 saturated heterocycles. The van der Waals surface area contributed by atoms with Crippen molar-refractivity contribution in [3.05, 3.63) is 24.0 Å². The molecule has 1 aliphatic rings. The van der Waals surface area contributed by atoms with Gasteiger partial charge >= 0.3 is 0 Å². The van der Waals surface area contributed by atoms with Gasteiger partial charge in [0.1, 0.15) is 10.7 Å². The van der Waals surface area contributed by atoms with Gasteiger partial charge in [0.15, 0.2) is 0 Å². The molecule has 3 N–H and O–H groups in total. The van der Waals surface area contributed by atoms with Crippen LogP contribution >= 0.6 is 0 Å². The third-order valence-electron chi connectivity index (χ3n) is 3.40. The normalized spacial score (nSPS) is 25.4. The number of nitrogens with two attached hydrogens (primary N) is 1. The molecule has 0 aromatic heterocycles. The van der Waals surface area contributed by atoms with Gasteiger partial charge in [0.05, 0.1) is 6.10 Å². The second kappa shape index (κ2) is 5.07. The van der Waals surface area contributed by atoms with E-state index in [0.717, 1.165) is 12.1 Å². The Morgan fingerprint density at radius 2 is 2.16 bits per heavy atom. The summed E-state index contributed by atoms with van der Waals surface area (Å²) in [6, 6.07) is 3.49. The standard InChI is InChI=1S/C12H17FN2O3S/c1-8-7-15(5-4-11(8)16)19(17,18)12-6-9(14)2-3-10(12)13/h2-3,6,8,11,16H,4-5,7,14H2,1H3. The van der Waals surface area contributed by atoms with E-state index >= 15 is 0 Å². The second-order valence-electron chi connectivity index (χ2n) is 4.89. The molecule has 0 spiro atoms. The zero-order valence-corrected chi connectivity index (χ0v) is 11.4. The number of nitrogens with zero attached hydrogens (tertiary/aromatic N) is 1. The van der Waals surface area contributed by atoms with Crippen LogP contribution in [0.3, 0.4) is 0 Å². The first kappa shape index (κ1) is 14.2. The molecule has 0 saturated carbocycles. The number of benzene rings is 1. The average molecular weight is 288 g/mol. The minimum Gasteiger partial charge on any atom is -0.399 e. The minimum atomic E-state index is -3.90. The molecular formula is C12H17FN2O3S. The maximum absolute atomic E-state index is 13.7. The molecule has 1 aromatic carbocycles. The highest BCUT2D eigenvalue weighted by molar-refractivity contribution is 7.89. The zero-order chi connectivity index (χ0) is 14.2. The number of piperidine rings is 1. The first-order chi connectivity index (χ1) is 8.82. The fourth-order valence-corrected chi connectivity index (χ4v) is 3.82. The van der Waals surface area contributed by atoms with Crippen LogP contribution in [0.5, 0.6) is 0 Å². The highest BCUT2D eigenvalue weighted by Crippen LogP contribution is 2.26. The van der Waals surface area contributed by atoms with Gasteiger partial charge in [-0.1, -0.05) is 6.92 Å². The number of rotatable bonds is 2. The number of anilines is 1. The van der Waals surface area contributed by atoms with Gasteiger partial charge in [-0.05, 0) is 30.5 Å². The molecule has 1 aromatic rings. The smallest absolute Gasteiger partial charge is 0.246 e. The lowest BCUT2D eigenvalue weighted by molar-refractivity contribution is 0.0628. The van der Waals surface area contributed by atoms with Crippen molar-refractivity contribution in [1.29, 1.82) is 0 Å². The highest BCUT2D eigenvalue weighted by Gasteiger charge is 2.34. The van der Waals surface area contributed by atoms with Gasteiger partial charge in [0.25, 0.3) is 0 Å². The van der Waals surface area contributed by atoms with E-state index in [1.54, 1.807) is 6.92 Å². The number of aliphatic hydroxyl groups excluding tert-OH is 1. The summed E-state index contributed by atoms with van der Waals surface area (Å²) in [5.41, 5.74) is 5.71. The summed E-state index contributed by atoms with van der Waals surface area (Å²) in [6.07, 6.45) is -0.165. The molecule has 1 heterocycles. The Balaban J connectivity index is 2.35. The number of aliphatic hydroxyl groups is 1. The lowest BCUT2D eigenvalue weighted by atomic mass is 9.99. The number of sulfonamides is 1. The van der Waals surface area contributed by atoms with E-state index in [1.165, 1.54) is 10.4 Å². The van der Waals surface area contributed by atoms with Crippen LogP contribution in [-0.2, 0) is 10.0 Å². The molecule has 0 bridgehead atoms. The molecular weight excluding hydrogens is 271 g/mol. The van der Waals surface area contributed by atoms with E-state index in [1.807, 2.05) is 0 Å². The number of hydrogen-bond donors (Lipinski definition) is 2. The Morgan fingerprint density at radius 1 is 1.47 bits per heavy atom. The van der Waals surface area contributed by atoms with Crippen LogP contribution < -0.4 is 5.73 Å². The number of hydrogen-bond acceptors (Lipinski definition) is 4. The summed E-state index contributed by atoms with van der Waals surface area (Å²) < 4.78 is 39.6. The molecule has 19 heavy (non-hydrogen) atoms. The summed E-state index contributed by atoms with van der Waals surface area (Å²) in [7, 11) is -3.90. The topological polar surface area (TPSA) is 83.6 Å². The molecule has 2 rings (SSSR count). The van der Waals surface area contributed by atoms with Gasteiger partial charge < -0.3 is 10.8 Å². The first-order valence-electron chi connectivity index (χ1n) is 6.05. The minimum absolute atomic E-state index is 0.173. The van der Waals surface area contributed by atoms with E-state index in [9.17, 15) is 17.9 Å². The summed E-state index contributed by atoms with van der Waals surface area (Å²) in [4.78, 5) is -0.406. The van der Waals surface area contributed by atoms with Crippen molar-refractivity contribution in [2.75, 3.05) is 18.8 Å². The SMILES string of the molecule is CC1CN(S(=O)(=O)c2cc(N)ccc2F)CCC1O. The average Bonchev–Trinajstić information content (AvgIpc) is 2.35. The second-order valence-corrected chi connectivity index (χ2v) is 6.79. The van der Waals surface area contributed by atoms with E-state index in [4.69, 9.17) is 5.73 Å². The predicted molar refractivity (Wildman–Crippen MR) is 69.4 cm³/mol. The van der Waals surface area contributed by atoms with Crippen molar-refractivity contribution >= 4 is 15.7 Å². The highest BCUT2D eigenvalue weighted by atomic mass is 32.2. The molecule has 2 unspecified atom stereocenters. The van der Waals surface area contributed by atoms with Crippen molar-refractivity contribution in [3.63, 3.8) is 0 Å². The monoisotopic (exact) mass is 288 g/mol. The fourth-order valence-electron chi connectivity index (χ4n) is 2.17. The predicted octanol–water partition coefficient (Wildman–Crippen LogP) is 0.799. The van der Waals surface area contributed by atoms with E-state index in [-0.39, 0.29) is 24.7 Å². The summed E-state index contributed by atoms with van der Waals surface area (Å²) in [6.45, 7) is 2.13. The summed E-state index contributed by atoms with van der Waals surface area (Å²) >= 11 is 0. The molecule has 0 radical (unpaired) electrons. The van der Waals surface area contributed by atoms with Crippen LogP contribution in [0.4, 0.5) is 10.1 Å². The van der Waals surface area contributed by atoms with Gasteiger partial charge in [-0.25, -0.2) is 12.8 Å². The molecule has 0 aliphatic carbocycles. The van der Waals surface area contributed by atoms with Gasteiger partial charge in [0.2, 0.25) is 10.0 Å². The molecule has 106 valence electrons. The Morgan fingerprint density at radius 3 is 2.79 bits per heavy atom. The van der Waals surface area contributed by atoms with Crippen molar-refractivity contribution in [2.24, 2.45) is 5.92 Å². The Labute approximate surface area is 111 Å². The van der Waals surface area contributed by atoms with Gasteiger partial charge in [-0.2, -0.15) is 4.31 Å². The van der Waals surface area contributed by atoms with Crippen molar-refractivity contribution in [2.45, 2.75) is 24.3 Å². The van der Waals surface area contributed by atoms with Crippen molar-refractivity contribution in [1.82, 2.24) is 4.31 Å². The number of nitrogen functional groups attached to an aromatic ring is 1. The first-order valence-corrected chi connectivity index (χ1v) is 7.49. The van der Waals surface area contributed by atoms with Crippen LogP contribution in [0, 0.1) is 11.7 Å². The lowest BCUT2D eigenvalue weighted by Gasteiger charge is -2.33.